The van der Waals surface area contributed by atoms with Crippen molar-refractivity contribution < 1.29 is 0 Å². The summed E-state index contributed by atoms with van der Waals surface area (Å²) in [6, 6.07) is 12.7. The van der Waals surface area contributed by atoms with Crippen LogP contribution in [0.2, 0.25) is 0 Å². The smallest absolute Gasteiger partial charge is 0.101 e. The highest BCUT2D eigenvalue weighted by Crippen LogP contribution is 2.27. The molecule has 2 N–H and O–H groups in total. The lowest BCUT2D eigenvalue weighted by Crippen LogP contribution is -2.18. The molecule has 0 spiro atoms. The summed E-state index contributed by atoms with van der Waals surface area (Å²) in [6.45, 7) is 4.18. The molecule has 2 nitrogen and oxygen atoms in total. The first kappa shape index (κ1) is 13.1. The molecule has 0 aliphatic heterocycles. The molecular weight excluding hydrogens is 240 g/mol. The molecule has 0 aliphatic carbocycles. The average Bonchev–Trinajstić information content (AvgIpc) is 2.33. The normalized spacial score (nSPS) is 12.4. The second-order valence-corrected chi connectivity index (χ2v) is 5.63. The van der Waals surface area contributed by atoms with Crippen molar-refractivity contribution in [3.05, 3.63) is 53.7 Å². The highest BCUT2D eigenvalue weighted by atomic mass is 32.2. The first-order valence-corrected chi connectivity index (χ1v) is 6.91. The van der Waals surface area contributed by atoms with Gasteiger partial charge in [0.2, 0.25) is 0 Å². The third-order valence-electron chi connectivity index (χ3n) is 2.72. The molecule has 0 radical (unpaired) electrons. The largest absolute Gasteiger partial charge is 0.328 e. The Labute approximate surface area is 113 Å². The van der Waals surface area contributed by atoms with Crippen molar-refractivity contribution in [2.75, 3.05) is 0 Å². The summed E-state index contributed by atoms with van der Waals surface area (Å²) in [6.07, 6.45) is 2.75. The molecule has 1 aromatic heterocycles. The first-order valence-electron chi connectivity index (χ1n) is 6.09. The molecule has 1 heterocycles. The van der Waals surface area contributed by atoms with E-state index in [1.165, 1.54) is 16.0 Å². The maximum absolute atomic E-state index is 5.84. The van der Waals surface area contributed by atoms with E-state index < -0.39 is 0 Å². The molecule has 0 saturated carbocycles. The summed E-state index contributed by atoms with van der Waals surface area (Å²) < 4.78 is 0. The van der Waals surface area contributed by atoms with Gasteiger partial charge in [-0.1, -0.05) is 23.9 Å². The lowest BCUT2D eigenvalue weighted by Gasteiger charge is -2.10. The van der Waals surface area contributed by atoms with Crippen LogP contribution in [0.15, 0.2) is 52.5 Å². The van der Waals surface area contributed by atoms with Crippen LogP contribution in [0.5, 0.6) is 0 Å². The first-order chi connectivity index (χ1) is 8.65. The maximum atomic E-state index is 5.84. The SMILES string of the molecule is Cc1cc(Sc2ccccn2)ccc1CC(C)N. The lowest BCUT2D eigenvalue weighted by atomic mass is 10.0. The van der Waals surface area contributed by atoms with Crippen LogP contribution in [-0.2, 0) is 6.42 Å². The van der Waals surface area contributed by atoms with Crippen molar-refractivity contribution in [3.8, 4) is 0 Å². The Kier molecular flexibility index (Phi) is 4.39. The molecule has 18 heavy (non-hydrogen) atoms. The summed E-state index contributed by atoms with van der Waals surface area (Å²) in [5.41, 5.74) is 8.47. The number of pyridine rings is 1. The van der Waals surface area contributed by atoms with E-state index in [4.69, 9.17) is 5.73 Å². The van der Waals surface area contributed by atoms with Crippen LogP contribution >= 0.6 is 11.8 Å². The minimum Gasteiger partial charge on any atom is -0.328 e. The third kappa shape index (κ3) is 3.59. The average molecular weight is 258 g/mol. The van der Waals surface area contributed by atoms with E-state index in [0.29, 0.717) is 0 Å². The van der Waals surface area contributed by atoms with Gasteiger partial charge < -0.3 is 5.73 Å². The van der Waals surface area contributed by atoms with Gasteiger partial charge in [0.1, 0.15) is 5.03 Å². The molecule has 1 aromatic carbocycles. The van der Waals surface area contributed by atoms with Crippen LogP contribution in [0.1, 0.15) is 18.1 Å². The molecule has 0 fully saturated rings. The van der Waals surface area contributed by atoms with Gasteiger partial charge in [-0.05, 0) is 55.7 Å². The van der Waals surface area contributed by atoms with E-state index in [9.17, 15) is 0 Å². The van der Waals surface area contributed by atoms with Crippen LogP contribution in [0.25, 0.3) is 0 Å². The Bertz CT molecular complexity index is 509. The van der Waals surface area contributed by atoms with E-state index in [0.717, 1.165) is 11.4 Å². The van der Waals surface area contributed by atoms with E-state index in [1.807, 2.05) is 31.3 Å². The molecule has 1 atom stereocenters. The van der Waals surface area contributed by atoms with Crippen molar-refractivity contribution in [1.82, 2.24) is 4.98 Å². The zero-order chi connectivity index (χ0) is 13.0. The van der Waals surface area contributed by atoms with Gasteiger partial charge in [-0.2, -0.15) is 0 Å². The second kappa shape index (κ2) is 6.03. The summed E-state index contributed by atoms with van der Waals surface area (Å²) in [7, 11) is 0. The second-order valence-electron chi connectivity index (χ2n) is 4.54. The number of nitrogens with zero attached hydrogens (tertiary/aromatic N) is 1. The van der Waals surface area contributed by atoms with E-state index in [1.54, 1.807) is 11.8 Å². The van der Waals surface area contributed by atoms with Crippen molar-refractivity contribution >= 4 is 11.8 Å². The number of rotatable bonds is 4. The Balaban J connectivity index is 2.14. The Hall–Kier alpha value is -1.32. The number of aromatic nitrogens is 1. The molecule has 0 bridgehead atoms. The summed E-state index contributed by atoms with van der Waals surface area (Å²) in [4.78, 5) is 5.54. The van der Waals surface area contributed by atoms with Gasteiger partial charge in [0, 0.05) is 17.1 Å². The molecule has 94 valence electrons. The number of hydrogen-bond acceptors (Lipinski definition) is 3. The zero-order valence-corrected chi connectivity index (χ0v) is 11.6. The number of hydrogen-bond donors (Lipinski definition) is 1. The van der Waals surface area contributed by atoms with Crippen LogP contribution in [0.4, 0.5) is 0 Å². The number of benzene rings is 1. The van der Waals surface area contributed by atoms with Gasteiger partial charge in [-0.25, -0.2) is 4.98 Å². The fraction of sp³-hybridized carbons (Fsp3) is 0.267. The van der Waals surface area contributed by atoms with Gasteiger partial charge in [0.25, 0.3) is 0 Å². The van der Waals surface area contributed by atoms with E-state index in [-0.39, 0.29) is 6.04 Å². The van der Waals surface area contributed by atoms with Gasteiger partial charge in [0.15, 0.2) is 0 Å². The summed E-state index contributed by atoms with van der Waals surface area (Å²) in [5.74, 6) is 0. The third-order valence-corrected chi connectivity index (χ3v) is 3.66. The molecule has 2 aromatic rings. The fourth-order valence-corrected chi connectivity index (χ4v) is 2.71. The van der Waals surface area contributed by atoms with E-state index in [2.05, 4.69) is 30.1 Å². The van der Waals surface area contributed by atoms with Gasteiger partial charge >= 0.3 is 0 Å². The van der Waals surface area contributed by atoms with Crippen molar-refractivity contribution in [2.24, 2.45) is 5.73 Å². The van der Waals surface area contributed by atoms with Crippen LogP contribution < -0.4 is 5.73 Å². The Morgan fingerprint density at radius 1 is 1.28 bits per heavy atom. The molecular formula is C15H18N2S. The predicted molar refractivity (Wildman–Crippen MR) is 76.9 cm³/mol. The highest BCUT2D eigenvalue weighted by molar-refractivity contribution is 7.99. The molecule has 0 amide bonds. The quantitative estimate of drug-likeness (QED) is 0.913. The molecule has 1 unspecified atom stereocenters. The van der Waals surface area contributed by atoms with E-state index >= 15 is 0 Å². The molecule has 2 rings (SSSR count). The van der Waals surface area contributed by atoms with Crippen molar-refractivity contribution in [1.29, 1.82) is 0 Å². The predicted octanol–water partition coefficient (Wildman–Crippen LogP) is 3.43. The number of nitrogens with two attached hydrogens (primary N) is 1. The summed E-state index contributed by atoms with van der Waals surface area (Å²) in [5, 5.41) is 1.02. The standard InChI is InChI=1S/C15H18N2S/c1-11-9-14(7-6-13(11)10-12(2)16)18-15-5-3-4-8-17-15/h3-9,12H,10,16H2,1-2H3. The lowest BCUT2D eigenvalue weighted by molar-refractivity contribution is 0.734. The minimum absolute atomic E-state index is 0.206. The highest BCUT2D eigenvalue weighted by Gasteiger charge is 2.04. The van der Waals surface area contributed by atoms with Gasteiger partial charge in [-0.15, -0.1) is 0 Å². The fourth-order valence-electron chi connectivity index (χ4n) is 1.84. The van der Waals surface area contributed by atoms with Crippen LogP contribution in [-0.4, -0.2) is 11.0 Å². The van der Waals surface area contributed by atoms with Crippen molar-refractivity contribution in [2.45, 2.75) is 36.2 Å². The Morgan fingerprint density at radius 2 is 2.11 bits per heavy atom. The zero-order valence-electron chi connectivity index (χ0n) is 10.8. The summed E-state index contributed by atoms with van der Waals surface area (Å²) >= 11 is 1.69. The van der Waals surface area contributed by atoms with Crippen LogP contribution in [0, 0.1) is 6.92 Å². The minimum atomic E-state index is 0.206. The monoisotopic (exact) mass is 258 g/mol. The molecule has 0 saturated heterocycles. The Morgan fingerprint density at radius 3 is 2.72 bits per heavy atom. The number of aryl methyl sites for hydroxylation is 1. The topological polar surface area (TPSA) is 38.9 Å². The van der Waals surface area contributed by atoms with Crippen molar-refractivity contribution in [3.63, 3.8) is 0 Å². The maximum Gasteiger partial charge on any atom is 0.101 e. The molecule has 3 heteroatoms. The van der Waals surface area contributed by atoms with Crippen LogP contribution in [0.3, 0.4) is 0 Å². The molecule has 0 aliphatic rings. The van der Waals surface area contributed by atoms with Gasteiger partial charge in [-0.3, -0.25) is 0 Å². The van der Waals surface area contributed by atoms with Gasteiger partial charge in [0.05, 0.1) is 0 Å².